The smallest absolute Gasteiger partial charge is 0.228 e. The van der Waals surface area contributed by atoms with Crippen LogP contribution in [0.3, 0.4) is 0 Å². The Morgan fingerprint density at radius 1 is 1.17 bits per heavy atom. The van der Waals surface area contributed by atoms with Crippen molar-refractivity contribution in [2.75, 3.05) is 51.3 Å². The topological polar surface area (TPSA) is 71.1 Å². The number of hydrogen-bond donors (Lipinski definition) is 1. The zero-order valence-electron chi connectivity index (χ0n) is 16.9. The number of carbonyl (C=O) groups is 2. The van der Waals surface area contributed by atoms with E-state index < -0.39 is 0 Å². The van der Waals surface area contributed by atoms with E-state index in [0.29, 0.717) is 37.2 Å². The molecule has 4 rings (SSSR count). The van der Waals surface area contributed by atoms with Gasteiger partial charge in [0.15, 0.2) is 11.5 Å². The van der Waals surface area contributed by atoms with Gasteiger partial charge in [-0.15, -0.1) is 12.4 Å². The van der Waals surface area contributed by atoms with Crippen molar-refractivity contribution in [3.63, 3.8) is 0 Å². The quantitative estimate of drug-likeness (QED) is 0.785. The summed E-state index contributed by atoms with van der Waals surface area (Å²) in [7, 11) is 1.98. The van der Waals surface area contributed by atoms with Gasteiger partial charge in [-0.1, -0.05) is 0 Å². The molecule has 3 aliphatic heterocycles. The summed E-state index contributed by atoms with van der Waals surface area (Å²) in [5.41, 5.74) is 0.773. The number of amides is 2. The lowest BCUT2D eigenvalue weighted by Gasteiger charge is -2.33. The number of halogens is 1. The number of benzene rings is 1. The van der Waals surface area contributed by atoms with E-state index >= 15 is 0 Å². The maximum absolute atomic E-state index is 13.0. The van der Waals surface area contributed by atoms with Gasteiger partial charge in [-0.3, -0.25) is 9.59 Å². The average Bonchev–Trinajstić information content (AvgIpc) is 3.13. The Kier molecular flexibility index (Phi) is 7.24. The molecule has 0 spiro atoms. The maximum Gasteiger partial charge on any atom is 0.228 e. The monoisotopic (exact) mass is 423 g/mol. The Balaban J connectivity index is 0.00000240. The van der Waals surface area contributed by atoms with Crippen LogP contribution < -0.4 is 19.7 Å². The lowest BCUT2D eigenvalue weighted by molar-refractivity contribution is -0.137. The van der Waals surface area contributed by atoms with Gasteiger partial charge in [-0.05, 0) is 50.9 Å². The largest absolute Gasteiger partial charge is 0.486 e. The fourth-order valence-electron chi connectivity index (χ4n) is 4.37. The molecule has 1 atom stereocenters. The molecule has 1 aromatic carbocycles. The van der Waals surface area contributed by atoms with Gasteiger partial charge >= 0.3 is 0 Å². The summed E-state index contributed by atoms with van der Waals surface area (Å²) >= 11 is 0. The highest BCUT2D eigenvalue weighted by Crippen LogP contribution is 2.36. The molecular formula is C21H30ClN3O4. The van der Waals surface area contributed by atoms with Gasteiger partial charge in [0.25, 0.3) is 0 Å². The second-order valence-corrected chi connectivity index (χ2v) is 7.89. The van der Waals surface area contributed by atoms with Crippen molar-refractivity contribution in [2.24, 2.45) is 11.8 Å². The van der Waals surface area contributed by atoms with Crippen LogP contribution in [0.25, 0.3) is 0 Å². The molecule has 7 nitrogen and oxygen atoms in total. The molecule has 0 saturated carbocycles. The van der Waals surface area contributed by atoms with Crippen molar-refractivity contribution in [2.45, 2.75) is 25.7 Å². The fraction of sp³-hybridized carbons (Fsp3) is 0.619. The summed E-state index contributed by atoms with van der Waals surface area (Å²) in [5, 5.41) is 3.20. The molecular weight excluding hydrogens is 394 g/mol. The average molecular weight is 424 g/mol. The number of carbonyl (C=O) groups excluding carboxylic acids is 2. The van der Waals surface area contributed by atoms with Gasteiger partial charge in [0.2, 0.25) is 11.8 Å². The predicted octanol–water partition coefficient (Wildman–Crippen LogP) is 2.08. The highest BCUT2D eigenvalue weighted by atomic mass is 35.5. The number of fused-ring (bicyclic) bond motifs is 1. The van der Waals surface area contributed by atoms with Crippen molar-refractivity contribution < 1.29 is 19.1 Å². The molecule has 0 aromatic heterocycles. The first-order valence-electron chi connectivity index (χ1n) is 10.3. The van der Waals surface area contributed by atoms with Crippen LogP contribution in [0.2, 0.25) is 0 Å². The molecule has 0 aliphatic carbocycles. The minimum Gasteiger partial charge on any atom is -0.486 e. The molecule has 1 aromatic rings. The third kappa shape index (κ3) is 4.78. The molecule has 8 heteroatoms. The van der Waals surface area contributed by atoms with Gasteiger partial charge in [-0.25, -0.2) is 0 Å². The van der Waals surface area contributed by atoms with E-state index in [1.54, 1.807) is 4.90 Å². The van der Waals surface area contributed by atoms with Crippen molar-refractivity contribution in [1.82, 2.24) is 10.2 Å². The first kappa shape index (κ1) is 21.7. The van der Waals surface area contributed by atoms with Crippen LogP contribution in [0.1, 0.15) is 25.7 Å². The summed E-state index contributed by atoms with van der Waals surface area (Å²) in [6, 6.07) is 5.54. The Bertz CT molecular complexity index is 737. The number of nitrogens with one attached hydrogen (secondary N) is 1. The van der Waals surface area contributed by atoms with Crippen LogP contribution in [0.15, 0.2) is 18.2 Å². The summed E-state index contributed by atoms with van der Waals surface area (Å²) in [5.74, 6) is 1.93. The molecule has 2 fully saturated rings. The molecule has 3 heterocycles. The molecule has 0 bridgehead atoms. The summed E-state index contributed by atoms with van der Waals surface area (Å²) in [6.07, 6.45) is 3.56. The number of rotatable bonds is 5. The molecule has 2 amide bonds. The number of piperidine rings is 1. The number of anilines is 1. The summed E-state index contributed by atoms with van der Waals surface area (Å²) in [6.45, 7) is 4.13. The van der Waals surface area contributed by atoms with E-state index in [0.717, 1.165) is 38.2 Å². The van der Waals surface area contributed by atoms with Gasteiger partial charge in [0.1, 0.15) is 13.2 Å². The third-order valence-electron chi connectivity index (χ3n) is 6.04. The highest BCUT2D eigenvalue weighted by molar-refractivity contribution is 6.00. The van der Waals surface area contributed by atoms with Crippen LogP contribution >= 0.6 is 12.4 Å². The lowest BCUT2D eigenvalue weighted by Crippen LogP contribution is -2.42. The van der Waals surface area contributed by atoms with Gasteiger partial charge in [0.05, 0.1) is 5.92 Å². The summed E-state index contributed by atoms with van der Waals surface area (Å²) in [4.78, 5) is 29.2. The predicted molar refractivity (Wildman–Crippen MR) is 113 cm³/mol. The SMILES string of the molecule is CNCCC1CCN(C(=O)C2CC(=O)N(c3ccc4c(c3)OCCO4)C2)CC1.Cl. The molecule has 0 radical (unpaired) electrons. The standard InChI is InChI=1S/C21H29N3O4.ClH/c1-22-7-4-15-5-8-23(9-6-15)21(26)16-12-20(25)24(14-16)17-2-3-18-19(13-17)28-11-10-27-18;/h2-3,13,15-16,22H,4-12,14H2,1H3;1H. The van der Waals surface area contributed by atoms with E-state index in [4.69, 9.17) is 9.47 Å². The van der Waals surface area contributed by atoms with E-state index in [2.05, 4.69) is 5.32 Å². The van der Waals surface area contributed by atoms with E-state index in [-0.39, 0.29) is 36.6 Å². The van der Waals surface area contributed by atoms with Crippen LogP contribution in [0.4, 0.5) is 5.69 Å². The number of likely N-dealkylation sites (tertiary alicyclic amines) is 1. The zero-order chi connectivity index (χ0) is 19.5. The van der Waals surface area contributed by atoms with Crippen LogP contribution in [-0.2, 0) is 9.59 Å². The molecule has 1 unspecified atom stereocenters. The Labute approximate surface area is 178 Å². The van der Waals surface area contributed by atoms with E-state index in [1.807, 2.05) is 30.1 Å². The van der Waals surface area contributed by atoms with E-state index in [9.17, 15) is 9.59 Å². The maximum atomic E-state index is 13.0. The highest BCUT2D eigenvalue weighted by Gasteiger charge is 2.38. The third-order valence-corrected chi connectivity index (χ3v) is 6.04. The second kappa shape index (κ2) is 9.67. The first-order valence-corrected chi connectivity index (χ1v) is 10.3. The van der Waals surface area contributed by atoms with E-state index in [1.165, 1.54) is 6.42 Å². The molecule has 2 saturated heterocycles. The lowest BCUT2D eigenvalue weighted by atomic mass is 9.92. The van der Waals surface area contributed by atoms with Crippen molar-refractivity contribution in [1.29, 1.82) is 0 Å². The Hall–Kier alpha value is -1.99. The van der Waals surface area contributed by atoms with Gasteiger partial charge < -0.3 is 24.6 Å². The number of nitrogens with zero attached hydrogens (tertiary/aromatic N) is 2. The van der Waals surface area contributed by atoms with Crippen molar-refractivity contribution >= 4 is 29.9 Å². The molecule has 3 aliphatic rings. The minimum absolute atomic E-state index is 0. The van der Waals surface area contributed by atoms with Crippen molar-refractivity contribution in [3.05, 3.63) is 18.2 Å². The normalized spacial score (nSPS) is 21.8. The Morgan fingerprint density at radius 3 is 2.62 bits per heavy atom. The first-order chi connectivity index (χ1) is 13.7. The van der Waals surface area contributed by atoms with Crippen LogP contribution in [-0.4, -0.2) is 63.2 Å². The van der Waals surface area contributed by atoms with Crippen LogP contribution in [0.5, 0.6) is 11.5 Å². The van der Waals surface area contributed by atoms with Gasteiger partial charge in [0, 0.05) is 37.8 Å². The number of hydrogen-bond acceptors (Lipinski definition) is 5. The van der Waals surface area contributed by atoms with Crippen molar-refractivity contribution in [3.8, 4) is 11.5 Å². The van der Waals surface area contributed by atoms with Crippen LogP contribution in [0, 0.1) is 11.8 Å². The number of ether oxygens (including phenoxy) is 2. The van der Waals surface area contributed by atoms with Gasteiger partial charge in [-0.2, -0.15) is 0 Å². The molecule has 1 N–H and O–H groups in total. The Morgan fingerprint density at radius 2 is 1.90 bits per heavy atom. The fourth-order valence-corrected chi connectivity index (χ4v) is 4.37. The molecule has 160 valence electrons. The molecule has 29 heavy (non-hydrogen) atoms. The summed E-state index contributed by atoms with van der Waals surface area (Å²) < 4.78 is 11.2. The second-order valence-electron chi connectivity index (χ2n) is 7.89. The zero-order valence-corrected chi connectivity index (χ0v) is 17.7. The minimum atomic E-state index is -0.255.